The van der Waals surface area contributed by atoms with E-state index in [1.165, 1.54) is 12.1 Å². The van der Waals surface area contributed by atoms with E-state index >= 15 is 0 Å². The van der Waals surface area contributed by atoms with Crippen molar-refractivity contribution < 1.29 is 53.9 Å². The van der Waals surface area contributed by atoms with Crippen LogP contribution in [0.1, 0.15) is 25.0 Å². The number of Topliss-reactive ketones (excluding diaryl/α,β-unsaturated/α-hetero) is 2. The first-order chi connectivity index (χ1) is 17.3. The maximum atomic E-state index is 12.6. The number of aromatic nitrogens is 1. The number of pyridine rings is 1. The van der Waals surface area contributed by atoms with Crippen molar-refractivity contribution >= 4 is 23.2 Å². The molecule has 1 amide bonds. The highest BCUT2D eigenvalue weighted by Crippen LogP contribution is 2.30. The third-order valence-electron chi connectivity index (χ3n) is 4.64. The molecule has 0 bridgehead atoms. The van der Waals surface area contributed by atoms with Gasteiger partial charge in [-0.15, -0.1) is 0 Å². The highest BCUT2D eigenvalue weighted by atomic mass is 19.4. The molecule has 210 valence electrons. The van der Waals surface area contributed by atoms with Crippen molar-refractivity contribution in [3.8, 4) is 0 Å². The van der Waals surface area contributed by atoms with E-state index in [9.17, 15) is 53.9 Å². The lowest BCUT2D eigenvalue weighted by Crippen LogP contribution is -2.43. The Hall–Kier alpha value is -3.65. The lowest BCUT2D eigenvalue weighted by molar-refractivity contribution is -0.193. The summed E-state index contributed by atoms with van der Waals surface area (Å²) in [5.74, 6) is -7.04. The zero-order chi connectivity index (χ0) is 29.3. The molecule has 38 heavy (non-hydrogen) atoms. The number of hydrogen-bond acceptors (Lipinski definition) is 5. The molecule has 1 heterocycles. The van der Waals surface area contributed by atoms with Crippen molar-refractivity contribution in [1.82, 2.24) is 10.3 Å². The Morgan fingerprint density at radius 1 is 0.842 bits per heavy atom. The molecule has 0 unspecified atom stereocenters. The molecule has 1 aromatic heterocycles. The molecule has 0 saturated carbocycles. The summed E-state index contributed by atoms with van der Waals surface area (Å²) in [4.78, 5) is 35.7. The molecule has 1 aromatic carbocycles. The molecule has 0 saturated heterocycles. The van der Waals surface area contributed by atoms with Crippen LogP contribution in [0.5, 0.6) is 0 Å². The number of halogens is 9. The van der Waals surface area contributed by atoms with Gasteiger partial charge < -0.3 is 10.6 Å². The molecule has 0 aliphatic rings. The van der Waals surface area contributed by atoms with Crippen LogP contribution in [0.4, 0.5) is 45.2 Å². The molecule has 0 radical (unpaired) electrons. The maximum absolute atomic E-state index is 12.6. The van der Waals surface area contributed by atoms with Crippen LogP contribution in [0.15, 0.2) is 48.8 Å². The lowest BCUT2D eigenvalue weighted by Gasteiger charge is -2.23. The van der Waals surface area contributed by atoms with Crippen molar-refractivity contribution in [2.75, 3.05) is 11.9 Å². The average molecular weight is 559 g/mol. The highest BCUT2D eigenvalue weighted by molar-refractivity contribution is 6.41. The number of alkyl halides is 9. The molecule has 2 N–H and O–H groups in total. The van der Waals surface area contributed by atoms with Crippen LogP contribution in [0.3, 0.4) is 0 Å². The molecule has 0 aliphatic carbocycles. The number of ketones is 2. The Morgan fingerprint density at radius 2 is 1.37 bits per heavy atom. The van der Waals surface area contributed by atoms with Gasteiger partial charge in [0, 0.05) is 24.6 Å². The van der Waals surface area contributed by atoms with Gasteiger partial charge in [-0.2, -0.15) is 39.5 Å². The molecule has 2 aromatic rings. The fraction of sp³-hybridized carbons (Fsp3) is 0.391. The fourth-order valence-corrected chi connectivity index (χ4v) is 2.71. The summed E-state index contributed by atoms with van der Waals surface area (Å²) < 4.78 is 105. The number of nitrogens with one attached hydrogen (secondary N) is 2. The van der Waals surface area contributed by atoms with Gasteiger partial charge in [-0.05, 0) is 48.2 Å². The van der Waals surface area contributed by atoms with Crippen molar-refractivity contribution in [3.63, 3.8) is 0 Å². The van der Waals surface area contributed by atoms with Gasteiger partial charge in [-0.25, -0.2) is 0 Å². The van der Waals surface area contributed by atoms with Crippen LogP contribution in [-0.2, 0) is 27.0 Å². The minimum absolute atomic E-state index is 0.0318. The van der Waals surface area contributed by atoms with Gasteiger partial charge in [0.05, 0.1) is 5.56 Å². The smallest absolute Gasteiger partial charge is 0.373 e. The number of amides is 1. The van der Waals surface area contributed by atoms with E-state index in [2.05, 4.69) is 15.6 Å². The first kappa shape index (κ1) is 32.4. The third kappa shape index (κ3) is 10.8. The summed E-state index contributed by atoms with van der Waals surface area (Å²) in [5, 5.41) is 5.87. The average Bonchev–Trinajstić information content (AvgIpc) is 2.81. The molecular weight excluding hydrogens is 537 g/mol. The van der Waals surface area contributed by atoms with E-state index in [0.717, 1.165) is 17.7 Å². The summed E-state index contributed by atoms with van der Waals surface area (Å²) in [7, 11) is 0. The van der Waals surface area contributed by atoms with Crippen LogP contribution in [0.2, 0.25) is 0 Å². The summed E-state index contributed by atoms with van der Waals surface area (Å²) in [6.07, 6.45) is -11.8. The molecule has 0 aliphatic heterocycles. The number of rotatable bonds is 8. The van der Waals surface area contributed by atoms with E-state index < -0.39 is 41.7 Å². The fourth-order valence-electron chi connectivity index (χ4n) is 2.71. The molecular formula is C23H22F9N3O3. The second-order valence-electron chi connectivity index (χ2n) is 8.00. The summed E-state index contributed by atoms with van der Waals surface area (Å²) in [6.45, 7) is 4.22. The topological polar surface area (TPSA) is 88.2 Å². The van der Waals surface area contributed by atoms with Crippen LogP contribution in [0.25, 0.3) is 0 Å². The van der Waals surface area contributed by atoms with Gasteiger partial charge in [-0.1, -0.05) is 19.9 Å². The van der Waals surface area contributed by atoms with E-state index in [0.29, 0.717) is 18.7 Å². The van der Waals surface area contributed by atoms with Gasteiger partial charge in [0.2, 0.25) is 5.91 Å². The van der Waals surface area contributed by atoms with E-state index in [4.69, 9.17) is 0 Å². The largest absolute Gasteiger partial charge is 0.458 e. The Labute approximate surface area is 210 Å². The zero-order valence-electron chi connectivity index (χ0n) is 19.8. The number of anilines is 1. The first-order valence-electron chi connectivity index (χ1n) is 10.7. The summed E-state index contributed by atoms with van der Waals surface area (Å²) >= 11 is 0. The van der Waals surface area contributed by atoms with Crippen molar-refractivity contribution in [3.05, 3.63) is 59.9 Å². The van der Waals surface area contributed by atoms with Crippen LogP contribution < -0.4 is 10.6 Å². The molecule has 6 nitrogen and oxygen atoms in total. The van der Waals surface area contributed by atoms with Crippen LogP contribution >= 0.6 is 0 Å². The van der Waals surface area contributed by atoms with Gasteiger partial charge in [0.1, 0.15) is 6.04 Å². The molecule has 1 atom stereocenters. The number of carbonyl (C=O) groups excluding carboxylic acids is 3. The van der Waals surface area contributed by atoms with E-state index in [1.54, 1.807) is 12.4 Å². The van der Waals surface area contributed by atoms with E-state index in [1.807, 2.05) is 26.0 Å². The molecule has 2 rings (SSSR count). The Balaban J connectivity index is 0.000000508. The monoisotopic (exact) mass is 559 g/mol. The normalized spacial score (nSPS) is 12.7. The Bertz CT molecular complexity index is 1040. The number of nitrogens with zero attached hydrogens (tertiary/aromatic N) is 1. The Kier molecular flexibility index (Phi) is 11.3. The van der Waals surface area contributed by atoms with Crippen LogP contribution in [0, 0.1) is 5.92 Å². The minimum atomic E-state index is -5.77. The highest BCUT2D eigenvalue weighted by Gasteiger charge is 2.54. The molecule has 0 fully saturated rings. The standard InChI is InChI=1S/C19H22F3N3O.C4F6O2/c1-13(2)17(18(26)24-11-9-14-4-3-10-23-12-14)25-16-7-5-15(6-8-16)19(20,21)22;5-3(6,7)1(11)2(12)4(8,9)10/h3-8,10,12-13,17,25H,9,11H2,1-2H3,(H,24,26);/t17-;/m1./s1. The third-order valence-corrected chi connectivity index (χ3v) is 4.64. The first-order valence-corrected chi connectivity index (χ1v) is 10.7. The molecule has 15 heteroatoms. The SMILES string of the molecule is CC(C)[C@@H](Nc1ccc(C(F)(F)F)cc1)C(=O)NCCc1cccnc1.O=C(C(=O)C(F)(F)F)C(F)(F)F. The summed E-state index contributed by atoms with van der Waals surface area (Å²) in [6, 6.07) is 7.89. The van der Waals surface area contributed by atoms with Crippen molar-refractivity contribution in [1.29, 1.82) is 0 Å². The molecule has 0 spiro atoms. The van der Waals surface area contributed by atoms with Crippen LogP contribution in [-0.4, -0.2) is 47.4 Å². The second kappa shape index (κ2) is 13.2. The second-order valence-corrected chi connectivity index (χ2v) is 8.00. The van der Waals surface area contributed by atoms with Crippen molar-refractivity contribution in [2.45, 2.75) is 44.8 Å². The zero-order valence-corrected chi connectivity index (χ0v) is 19.8. The van der Waals surface area contributed by atoms with Gasteiger partial charge in [0.25, 0.3) is 0 Å². The van der Waals surface area contributed by atoms with Gasteiger partial charge >= 0.3 is 30.1 Å². The van der Waals surface area contributed by atoms with Crippen molar-refractivity contribution in [2.24, 2.45) is 5.92 Å². The Morgan fingerprint density at radius 3 is 1.76 bits per heavy atom. The van der Waals surface area contributed by atoms with Gasteiger partial charge in [0.15, 0.2) is 0 Å². The maximum Gasteiger partial charge on any atom is 0.458 e. The lowest BCUT2D eigenvalue weighted by atomic mass is 10.0. The summed E-state index contributed by atoms with van der Waals surface area (Å²) in [5.41, 5.74) is 0.772. The predicted molar refractivity (Wildman–Crippen MR) is 117 cm³/mol. The number of hydrogen-bond donors (Lipinski definition) is 2. The minimum Gasteiger partial charge on any atom is -0.373 e. The number of carbonyl (C=O) groups is 3. The van der Waals surface area contributed by atoms with E-state index in [-0.39, 0.29) is 11.8 Å². The van der Waals surface area contributed by atoms with Gasteiger partial charge in [-0.3, -0.25) is 19.4 Å². The quantitative estimate of drug-likeness (QED) is 0.345. The number of benzene rings is 1. The predicted octanol–water partition coefficient (Wildman–Crippen LogP) is 5.15.